The molecule has 1 atom stereocenters. The molecule has 0 saturated heterocycles. The van der Waals surface area contributed by atoms with E-state index in [0.29, 0.717) is 12.1 Å². The monoisotopic (exact) mass is 383 g/mol. The number of benzene rings is 1. The van der Waals surface area contributed by atoms with Crippen molar-refractivity contribution >= 4 is 12.0 Å². The minimum atomic E-state index is -1.32. The molecule has 27 heavy (non-hydrogen) atoms. The Morgan fingerprint density at radius 1 is 1.19 bits per heavy atom. The van der Waals surface area contributed by atoms with E-state index in [1.165, 1.54) is 23.3 Å². The lowest BCUT2D eigenvalue weighted by atomic mass is 10.0. The van der Waals surface area contributed by atoms with Crippen molar-refractivity contribution in [2.75, 3.05) is 0 Å². The average molecular weight is 383 g/mol. The van der Waals surface area contributed by atoms with E-state index in [1.807, 2.05) is 0 Å². The number of amides is 1. The van der Waals surface area contributed by atoms with Crippen LogP contribution in [0.25, 0.3) is 0 Å². The molecular formula is C18H20F3N3O3. The molecule has 0 bridgehead atoms. The zero-order valence-electron chi connectivity index (χ0n) is 15.1. The topological polar surface area (TPSA) is 73.2 Å². The Labute approximate surface area is 154 Å². The van der Waals surface area contributed by atoms with Crippen molar-refractivity contribution in [3.63, 3.8) is 0 Å². The van der Waals surface area contributed by atoms with Crippen LogP contribution < -0.4 is 5.32 Å². The third-order valence-corrected chi connectivity index (χ3v) is 3.49. The van der Waals surface area contributed by atoms with Gasteiger partial charge in [-0.05, 0) is 38.8 Å². The fraction of sp³-hybridized carbons (Fsp3) is 0.389. The molecule has 0 fully saturated rings. The van der Waals surface area contributed by atoms with Crippen molar-refractivity contribution in [2.45, 2.75) is 45.3 Å². The SMILES string of the molecule is CC(C)(C)OC(=O)N[C@@H](CC(=O)n1ccnc1)Cc1cc(F)c(F)cc1F. The molecule has 1 amide bonds. The summed E-state index contributed by atoms with van der Waals surface area (Å²) in [6.07, 6.45) is 2.84. The van der Waals surface area contributed by atoms with Crippen LogP contribution in [-0.2, 0) is 11.2 Å². The first-order valence-electron chi connectivity index (χ1n) is 8.19. The maximum absolute atomic E-state index is 14.0. The van der Waals surface area contributed by atoms with Gasteiger partial charge in [0.05, 0.1) is 0 Å². The van der Waals surface area contributed by atoms with Gasteiger partial charge < -0.3 is 10.1 Å². The molecule has 0 spiro atoms. The number of alkyl carbamates (subject to hydrolysis) is 1. The predicted octanol–water partition coefficient (Wildman–Crippen LogP) is 3.47. The number of aromatic nitrogens is 2. The summed E-state index contributed by atoms with van der Waals surface area (Å²) < 4.78 is 46.9. The fourth-order valence-electron chi connectivity index (χ4n) is 2.36. The number of halogens is 3. The molecular weight excluding hydrogens is 363 g/mol. The van der Waals surface area contributed by atoms with Crippen LogP contribution in [0.1, 0.15) is 37.6 Å². The summed E-state index contributed by atoms with van der Waals surface area (Å²) in [6.45, 7) is 4.98. The van der Waals surface area contributed by atoms with E-state index in [2.05, 4.69) is 10.3 Å². The summed E-state index contributed by atoms with van der Waals surface area (Å²) in [7, 11) is 0. The first-order valence-corrected chi connectivity index (χ1v) is 8.19. The van der Waals surface area contributed by atoms with Crippen LogP contribution in [0.2, 0.25) is 0 Å². The minimum Gasteiger partial charge on any atom is -0.444 e. The Kier molecular flexibility index (Phi) is 6.24. The molecule has 2 aromatic rings. The Bertz CT molecular complexity index is 817. The molecule has 1 aromatic carbocycles. The van der Waals surface area contributed by atoms with E-state index >= 15 is 0 Å². The second-order valence-corrected chi connectivity index (χ2v) is 6.97. The number of carbonyl (C=O) groups is 2. The van der Waals surface area contributed by atoms with Gasteiger partial charge in [0.15, 0.2) is 11.6 Å². The van der Waals surface area contributed by atoms with Gasteiger partial charge in [0, 0.05) is 30.9 Å². The van der Waals surface area contributed by atoms with E-state index in [0.717, 1.165) is 0 Å². The highest BCUT2D eigenvalue weighted by molar-refractivity contribution is 5.80. The molecule has 0 unspecified atom stereocenters. The molecule has 6 nitrogen and oxygen atoms in total. The van der Waals surface area contributed by atoms with E-state index in [1.54, 1.807) is 20.8 Å². The third-order valence-electron chi connectivity index (χ3n) is 3.49. The lowest BCUT2D eigenvalue weighted by molar-refractivity contribution is 0.0499. The molecule has 146 valence electrons. The summed E-state index contributed by atoms with van der Waals surface area (Å²) in [6, 6.07) is 0.220. The molecule has 1 N–H and O–H groups in total. The second kappa shape index (κ2) is 8.24. The number of rotatable bonds is 5. The van der Waals surface area contributed by atoms with Gasteiger partial charge in [-0.25, -0.2) is 22.9 Å². The van der Waals surface area contributed by atoms with Gasteiger partial charge >= 0.3 is 6.09 Å². The number of hydrogen-bond acceptors (Lipinski definition) is 4. The normalized spacial score (nSPS) is 12.5. The van der Waals surface area contributed by atoms with Crippen LogP contribution in [0.15, 0.2) is 30.9 Å². The maximum Gasteiger partial charge on any atom is 0.407 e. The van der Waals surface area contributed by atoms with Gasteiger partial charge in [-0.3, -0.25) is 9.36 Å². The fourth-order valence-corrected chi connectivity index (χ4v) is 2.36. The number of carbonyl (C=O) groups excluding carboxylic acids is 2. The van der Waals surface area contributed by atoms with Crippen LogP contribution in [0.3, 0.4) is 0 Å². The van der Waals surface area contributed by atoms with Crippen molar-refractivity contribution in [3.05, 3.63) is 53.9 Å². The minimum absolute atomic E-state index is 0.173. The van der Waals surface area contributed by atoms with E-state index in [4.69, 9.17) is 4.74 Å². The number of hydrogen-bond donors (Lipinski definition) is 1. The summed E-state index contributed by atoms with van der Waals surface area (Å²) in [5.74, 6) is -3.93. The van der Waals surface area contributed by atoms with Crippen molar-refractivity contribution in [2.24, 2.45) is 0 Å². The second-order valence-electron chi connectivity index (χ2n) is 6.97. The van der Waals surface area contributed by atoms with Crippen molar-refractivity contribution < 1.29 is 27.5 Å². The Hall–Kier alpha value is -2.84. The zero-order valence-corrected chi connectivity index (χ0v) is 15.1. The van der Waals surface area contributed by atoms with Crippen LogP contribution in [-0.4, -0.2) is 33.2 Å². The zero-order chi connectivity index (χ0) is 20.2. The average Bonchev–Trinajstić information content (AvgIpc) is 3.05. The van der Waals surface area contributed by atoms with Crippen molar-refractivity contribution in [1.82, 2.24) is 14.9 Å². The van der Waals surface area contributed by atoms with Crippen molar-refractivity contribution in [3.8, 4) is 0 Å². The van der Waals surface area contributed by atoms with Gasteiger partial charge in [0.1, 0.15) is 17.7 Å². The van der Waals surface area contributed by atoms with E-state index in [9.17, 15) is 22.8 Å². The molecule has 0 radical (unpaired) electrons. The van der Waals surface area contributed by atoms with Crippen molar-refractivity contribution in [1.29, 1.82) is 0 Å². The molecule has 2 rings (SSSR count). The number of imidazole rings is 1. The highest BCUT2D eigenvalue weighted by Crippen LogP contribution is 2.17. The predicted molar refractivity (Wildman–Crippen MR) is 90.6 cm³/mol. The van der Waals surface area contributed by atoms with Gasteiger partial charge in [-0.2, -0.15) is 0 Å². The first-order chi connectivity index (χ1) is 12.5. The number of nitrogens with one attached hydrogen (secondary N) is 1. The lowest BCUT2D eigenvalue weighted by Gasteiger charge is -2.23. The van der Waals surface area contributed by atoms with E-state index in [-0.39, 0.29) is 18.4 Å². The highest BCUT2D eigenvalue weighted by atomic mass is 19.2. The van der Waals surface area contributed by atoms with Crippen LogP contribution in [0, 0.1) is 17.5 Å². The van der Waals surface area contributed by atoms with Gasteiger partial charge in [-0.15, -0.1) is 0 Å². The lowest BCUT2D eigenvalue weighted by Crippen LogP contribution is -2.42. The van der Waals surface area contributed by atoms with Gasteiger partial charge in [0.2, 0.25) is 5.91 Å². The molecule has 0 aliphatic carbocycles. The van der Waals surface area contributed by atoms with Crippen LogP contribution in [0.4, 0.5) is 18.0 Å². The van der Waals surface area contributed by atoms with Crippen LogP contribution in [0.5, 0.6) is 0 Å². The molecule has 0 saturated carbocycles. The maximum atomic E-state index is 14.0. The standard InChI is InChI=1S/C18H20F3N3O3/c1-18(2,3)27-17(26)23-12(8-16(25)24-5-4-22-10-24)6-11-7-14(20)15(21)9-13(11)19/h4-5,7,9-10,12H,6,8H2,1-3H3,(H,23,26)/t12-/m1/s1. The van der Waals surface area contributed by atoms with Gasteiger partial charge in [-0.1, -0.05) is 0 Å². The Balaban J connectivity index is 2.19. The Morgan fingerprint density at radius 2 is 1.85 bits per heavy atom. The molecule has 0 aliphatic heterocycles. The van der Waals surface area contributed by atoms with Crippen LogP contribution >= 0.6 is 0 Å². The first kappa shape index (κ1) is 20.5. The smallest absolute Gasteiger partial charge is 0.407 e. The number of ether oxygens (including phenoxy) is 1. The highest BCUT2D eigenvalue weighted by Gasteiger charge is 2.24. The quantitative estimate of drug-likeness (QED) is 0.803. The molecule has 1 aromatic heterocycles. The number of nitrogens with zero attached hydrogens (tertiary/aromatic N) is 2. The molecule has 1 heterocycles. The molecule has 9 heteroatoms. The van der Waals surface area contributed by atoms with E-state index < -0.39 is 41.1 Å². The summed E-state index contributed by atoms with van der Waals surface area (Å²) in [5, 5.41) is 2.48. The molecule has 0 aliphatic rings. The third kappa shape index (κ3) is 6.12. The summed E-state index contributed by atoms with van der Waals surface area (Å²) >= 11 is 0. The summed E-state index contributed by atoms with van der Waals surface area (Å²) in [4.78, 5) is 28.1. The largest absolute Gasteiger partial charge is 0.444 e. The van der Waals surface area contributed by atoms with Gasteiger partial charge in [0.25, 0.3) is 0 Å². The Morgan fingerprint density at radius 3 is 2.44 bits per heavy atom. The summed E-state index contributed by atoms with van der Waals surface area (Å²) in [5.41, 5.74) is -0.954.